The van der Waals surface area contributed by atoms with Crippen LogP contribution in [0.25, 0.3) is 0 Å². The van der Waals surface area contributed by atoms with E-state index in [9.17, 15) is 0 Å². The van der Waals surface area contributed by atoms with Crippen molar-refractivity contribution >= 4 is 0 Å². The van der Waals surface area contributed by atoms with Crippen molar-refractivity contribution in [3.8, 4) is 0 Å². The van der Waals surface area contributed by atoms with E-state index in [1.807, 2.05) is 0 Å². The number of allylic oxidation sites excluding steroid dienone is 12. The lowest BCUT2D eigenvalue weighted by molar-refractivity contribution is 0.415. The van der Waals surface area contributed by atoms with E-state index in [0.29, 0.717) is 0 Å². The second-order valence-corrected chi connectivity index (χ2v) is 8.86. The minimum absolute atomic E-state index is 0.776. The van der Waals surface area contributed by atoms with Crippen molar-refractivity contribution in [2.75, 3.05) is 6.54 Å². The monoisotopic (exact) mass is 407 g/mol. The van der Waals surface area contributed by atoms with Crippen LogP contribution in [0.3, 0.4) is 0 Å². The van der Waals surface area contributed by atoms with Gasteiger partial charge in [0, 0.05) is 6.04 Å². The Balaban J connectivity index is 1.58. The molecule has 0 heterocycles. The fourth-order valence-corrected chi connectivity index (χ4v) is 4.33. The summed E-state index contributed by atoms with van der Waals surface area (Å²) in [5.41, 5.74) is 1.42. The summed E-state index contributed by atoms with van der Waals surface area (Å²) < 4.78 is 0. The first-order valence-electron chi connectivity index (χ1n) is 12.7. The Morgan fingerprint density at radius 2 is 1.10 bits per heavy atom. The van der Waals surface area contributed by atoms with Crippen molar-refractivity contribution < 1.29 is 0 Å². The highest BCUT2D eigenvalue weighted by Gasteiger charge is 2.08. The maximum atomic E-state index is 3.89. The average molecular weight is 408 g/mol. The molecule has 0 aromatic rings. The van der Waals surface area contributed by atoms with E-state index in [-0.39, 0.29) is 0 Å². The van der Waals surface area contributed by atoms with E-state index in [1.165, 1.54) is 108 Å². The van der Waals surface area contributed by atoms with Crippen molar-refractivity contribution in [1.29, 1.82) is 0 Å². The molecule has 0 amide bonds. The zero-order valence-electron chi connectivity index (χ0n) is 19.2. The highest BCUT2D eigenvalue weighted by Crippen LogP contribution is 2.17. The summed E-state index contributed by atoms with van der Waals surface area (Å²) in [6, 6.07) is 0.776. The highest BCUT2D eigenvalue weighted by molar-refractivity contribution is 5.29. The molecule has 30 heavy (non-hydrogen) atoms. The molecule has 2 aliphatic rings. The van der Waals surface area contributed by atoms with E-state index in [1.54, 1.807) is 0 Å². The largest absolute Gasteiger partial charge is 0.314 e. The molecule has 1 fully saturated rings. The van der Waals surface area contributed by atoms with Crippen molar-refractivity contribution in [1.82, 2.24) is 5.32 Å². The van der Waals surface area contributed by atoms with Gasteiger partial charge in [0.15, 0.2) is 0 Å². The third-order valence-corrected chi connectivity index (χ3v) is 6.19. The molecular weight excluding hydrogens is 362 g/mol. The normalized spacial score (nSPS) is 24.6. The zero-order valence-corrected chi connectivity index (χ0v) is 19.2. The van der Waals surface area contributed by atoms with Crippen LogP contribution in [0.5, 0.6) is 0 Å². The van der Waals surface area contributed by atoms with E-state index in [0.717, 1.165) is 6.04 Å². The van der Waals surface area contributed by atoms with Crippen LogP contribution in [-0.4, -0.2) is 12.6 Å². The van der Waals surface area contributed by atoms with Crippen molar-refractivity contribution in [2.45, 2.75) is 102 Å². The van der Waals surface area contributed by atoms with Gasteiger partial charge in [0.1, 0.15) is 0 Å². The van der Waals surface area contributed by atoms with Gasteiger partial charge >= 0.3 is 0 Å². The minimum Gasteiger partial charge on any atom is -0.314 e. The topological polar surface area (TPSA) is 12.0 Å². The van der Waals surface area contributed by atoms with Gasteiger partial charge in [-0.1, -0.05) is 131 Å². The summed E-state index contributed by atoms with van der Waals surface area (Å²) in [6.07, 6.45) is 44.2. The number of hydrogen-bond donors (Lipinski definition) is 1. The molecule has 1 N–H and O–H groups in total. The fourth-order valence-electron chi connectivity index (χ4n) is 4.33. The molecule has 2 aliphatic carbocycles. The van der Waals surface area contributed by atoms with E-state index in [4.69, 9.17) is 0 Å². The van der Waals surface area contributed by atoms with Gasteiger partial charge in [0.25, 0.3) is 0 Å². The summed E-state index contributed by atoms with van der Waals surface area (Å²) in [4.78, 5) is 0. The molecule has 1 nitrogen and oxygen atoms in total. The van der Waals surface area contributed by atoms with Crippen LogP contribution in [-0.2, 0) is 0 Å². The lowest BCUT2D eigenvalue weighted by Crippen LogP contribution is -2.30. The van der Waals surface area contributed by atoms with Crippen molar-refractivity contribution in [3.05, 3.63) is 72.4 Å². The first kappa shape index (κ1) is 24.7. The second-order valence-electron chi connectivity index (χ2n) is 8.86. The van der Waals surface area contributed by atoms with Gasteiger partial charge < -0.3 is 5.32 Å². The third kappa shape index (κ3) is 13.6. The van der Waals surface area contributed by atoms with Crippen LogP contribution in [0.4, 0.5) is 0 Å². The summed E-state index contributed by atoms with van der Waals surface area (Å²) in [6.45, 7) is 1.21. The van der Waals surface area contributed by atoms with Crippen LogP contribution in [0.1, 0.15) is 96.3 Å². The first-order valence-corrected chi connectivity index (χ1v) is 12.7. The van der Waals surface area contributed by atoms with Crippen LogP contribution in [0.15, 0.2) is 72.4 Å². The Hall–Kier alpha value is -1.60. The minimum atomic E-state index is 0.776. The molecule has 0 aromatic carbocycles. The Labute approximate surface area is 186 Å². The SMILES string of the molecule is C1=C\C=C/C=C(CCCCCCNC2CCCCCCCCCC2)\C=C/C=C/C=C1. The molecule has 0 saturated heterocycles. The van der Waals surface area contributed by atoms with Gasteiger partial charge in [-0.05, 0) is 44.2 Å². The maximum Gasteiger partial charge on any atom is 0.00670 e. The van der Waals surface area contributed by atoms with Gasteiger partial charge in [-0.25, -0.2) is 0 Å². The standard InChI is InChI=1S/C29H45N/c1-2-6-10-16-22-28(23-17-11-7-3-1)24-18-14-15-21-27-30-29-25-19-12-8-4-5-9-13-20-26-29/h1-3,6-7,10-11,16-17,22-23,29-30H,4-5,8-9,12-15,18-21,24-27H2/b2-1?,3-1?,6-2?,7-3?,10-6+,11-7?,16-10?,17-11-,22-16-,23-17?,28-22?,28-23+. The first-order chi connectivity index (χ1) is 14.9. The van der Waals surface area contributed by atoms with Crippen molar-refractivity contribution in [2.24, 2.45) is 0 Å². The molecule has 1 saturated carbocycles. The number of nitrogens with one attached hydrogen (secondary N) is 1. The molecular formula is C29H45N. The quantitative estimate of drug-likeness (QED) is 0.397. The molecule has 166 valence electrons. The van der Waals surface area contributed by atoms with Gasteiger partial charge in [0.05, 0.1) is 0 Å². The molecule has 0 atom stereocenters. The molecule has 0 unspecified atom stereocenters. The Kier molecular flexibility index (Phi) is 15.0. The van der Waals surface area contributed by atoms with Gasteiger partial charge in [0.2, 0.25) is 0 Å². The van der Waals surface area contributed by atoms with E-state index >= 15 is 0 Å². The molecule has 0 aromatic heterocycles. The highest BCUT2D eigenvalue weighted by atomic mass is 14.9. The molecule has 0 bridgehead atoms. The van der Waals surface area contributed by atoms with Crippen molar-refractivity contribution in [3.63, 3.8) is 0 Å². The molecule has 0 spiro atoms. The Bertz CT molecular complexity index is 575. The average Bonchev–Trinajstić information content (AvgIpc) is 2.80. The van der Waals surface area contributed by atoms with Crippen LogP contribution < -0.4 is 5.32 Å². The van der Waals surface area contributed by atoms with Gasteiger partial charge in [-0.2, -0.15) is 0 Å². The van der Waals surface area contributed by atoms with E-state index in [2.05, 4.69) is 72.2 Å². The lowest BCUT2D eigenvalue weighted by atomic mass is 10.0. The van der Waals surface area contributed by atoms with Crippen LogP contribution in [0.2, 0.25) is 0 Å². The second kappa shape index (κ2) is 18.2. The van der Waals surface area contributed by atoms with Gasteiger partial charge in [-0.3, -0.25) is 0 Å². The van der Waals surface area contributed by atoms with E-state index < -0.39 is 0 Å². The summed E-state index contributed by atoms with van der Waals surface area (Å²) in [7, 11) is 0. The predicted molar refractivity (Wildman–Crippen MR) is 135 cm³/mol. The smallest absolute Gasteiger partial charge is 0.00670 e. The Morgan fingerprint density at radius 3 is 1.77 bits per heavy atom. The zero-order chi connectivity index (χ0) is 21.0. The molecule has 0 radical (unpaired) electrons. The summed E-state index contributed by atoms with van der Waals surface area (Å²) in [5, 5.41) is 3.89. The predicted octanol–water partition coefficient (Wildman–Crippen LogP) is 8.53. The summed E-state index contributed by atoms with van der Waals surface area (Å²) in [5.74, 6) is 0. The van der Waals surface area contributed by atoms with Crippen LogP contribution in [0, 0.1) is 0 Å². The lowest BCUT2D eigenvalue weighted by Gasteiger charge is -2.18. The van der Waals surface area contributed by atoms with Crippen LogP contribution >= 0.6 is 0 Å². The summed E-state index contributed by atoms with van der Waals surface area (Å²) >= 11 is 0. The molecule has 1 heteroatoms. The maximum absolute atomic E-state index is 3.89. The Morgan fingerprint density at radius 1 is 0.567 bits per heavy atom. The fraction of sp³-hybridized carbons (Fsp3) is 0.586. The molecule has 0 aliphatic heterocycles. The number of unbranched alkanes of at least 4 members (excludes halogenated alkanes) is 3. The molecule has 2 rings (SSSR count). The third-order valence-electron chi connectivity index (χ3n) is 6.19. The number of hydrogen-bond acceptors (Lipinski definition) is 1. The van der Waals surface area contributed by atoms with Gasteiger partial charge in [-0.15, -0.1) is 0 Å². The number of rotatable bonds is 8.